The third kappa shape index (κ3) is 4.46. The van der Waals surface area contributed by atoms with Crippen molar-refractivity contribution in [1.29, 1.82) is 0 Å². The van der Waals surface area contributed by atoms with Crippen molar-refractivity contribution >= 4 is 11.6 Å². The van der Waals surface area contributed by atoms with Crippen LogP contribution in [0.2, 0.25) is 0 Å². The van der Waals surface area contributed by atoms with Gasteiger partial charge in [0.15, 0.2) is 0 Å². The van der Waals surface area contributed by atoms with Crippen LogP contribution in [0, 0.1) is 0 Å². The smallest absolute Gasteiger partial charge is 0.130 e. The van der Waals surface area contributed by atoms with E-state index in [-0.39, 0.29) is 21.7 Å². The third-order valence-corrected chi connectivity index (χ3v) is 2.15. The molecule has 2 aliphatic rings. The Morgan fingerprint density at radius 2 is 1.43 bits per heavy atom. The number of halogens is 1. The van der Waals surface area contributed by atoms with Crippen molar-refractivity contribution in [2.24, 2.45) is 0 Å². The van der Waals surface area contributed by atoms with Crippen LogP contribution in [0.25, 0.3) is 0 Å². The average Bonchev–Trinajstić information content (AvgIpc) is 2.81. The molecular weight excluding hydrogens is 227 g/mol. The number of rotatable bonds is 2. The summed E-state index contributed by atoms with van der Waals surface area (Å²) >= 11 is 4.64. The van der Waals surface area contributed by atoms with Gasteiger partial charge in [-0.2, -0.15) is 0 Å². The van der Waals surface area contributed by atoms with Gasteiger partial charge < -0.3 is 0 Å². The van der Waals surface area contributed by atoms with E-state index in [9.17, 15) is 0 Å². The molecule has 0 aromatic heterocycles. The van der Waals surface area contributed by atoms with Gasteiger partial charge in [-0.25, -0.2) is 0 Å². The molecular formula is C12H15ClTi+2. The first-order chi connectivity index (χ1) is 6.45. The van der Waals surface area contributed by atoms with Gasteiger partial charge in [0.25, 0.3) is 0 Å². The summed E-state index contributed by atoms with van der Waals surface area (Å²) in [5, 5.41) is 0. The van der Waals surface area contributed by atoms with Crippen molar-refractivity contribution in [2.75, 3.05) is 6.38 Å². The van der Waals surface area contributed by atoms with E-state index in [4.69, 9.17) is 0 Å². The molecule has 2 rings (SSSR count). The van der Waals surface area contributed by atoms with Crippen LogP contribution < -0.4 is 0 Å². The van der Waals surface area contributed by atoms with E-state index in [0.717, 1.165) is 12.8 Å². The Hall–Kier alpha value is -0.0357. The van der Waals surface area contributed by atoms with Gasteiger partial charge in [-0.15, -0.1) is 11.6 Å². The molecule has 0 bridgehead atoms. The van der Waals surface area contributed by atoms with Gasteiger partial charge in [-0.3, -0.25) is 0 Å². The van der Waals surface area contributed by atoms with Crippen LogP contribution in [0.1, 0.15) is 19.3 Å². The van der Waals surface area contributed by atoms with Crippen LogP contribution in [-0.4, -0.2) is 6.38 Å². The molecule has 0 unspecified atom stereocenters. The fourth-order valence-corrected chi connectivity index (χ4v) is 1.54. The molecule has 72 valence electrons. The van der Waals surface area contributed by atoms with Gasteiger partial charge in [-0.1, -0.05) is 47.6 Å². The van der Waals surface area contributed by atoms with Gasteiger partial charge in [0.1, 0.15) is 0 Å². The minimum Gasteiger partial charge on any atom is -0.130 e. The zero-order valence-electron chi connectivity index (χ0n) is 8.46. The summed E-state index contributed by atoms with van der Waals surface area (Å²) in [6.07, 6.45) is 18.2. The largest absolute Gasteiger partial charge is 2.00 e. The Morgan fingerprint density at radius 1 is 1.00 bits per heavy atom. The van der Waals surface area contributed by atoms with Crippen LogP contribution in [-0.2, 0) is 21.7 Å². The molecule has 2 heteroatoms. The molecule has 0 radical (unpaired) electrons. The maximum atomic E-state index is 4.64. The number of hydrogen-bond acceptors (Lipinski definition) is 0. The van der Waals surface area contributed by atoms with Crippen LogP contribution >= 0.6 is 11.6 Å². The summed E-state index contributed by atoms with van der Waals surface area (Å²) < 4.78 is 0. The Balaban J connectivity index is 0.000000531. The molecule has 0 fully saturated rings. The van der Waals surface area contributed by atoms with E-state index < -0.39 is 0 Å². The second-order valence-corrected chi connectivity index (χ2v) is 3.09. The Labute approximate surface area is 106 Å². The Kier molecular flexibility index (Phi) is 8.27. The van der Waals surface area contributed by atoms with E-state index in [2.05, 4.69) is 48.1 Å². The summed E-state index contributed by atoms with van der Waals surface area (Å²) in [6.45, 7) is 0. The fraction of sp³-hybridized carbons (Fsp3) is 0.333. The monoisotopic (exact) mass is 242 g/mol. The maximum absolute atomic E-state index is 4.64. The quantitative estimate of drug-likeness (QED) is 0.507. The van der Waals surface area contributed by atoms with Crippen molar-refractivity contribution in [3.05, 3.63) is 47.6 Å². The zero-order valence-corrected chi connectivity index (χ0v) is 10.8. The second kappa shape index (κ2) is 8.29. The fourth-order valence-electron chi connectivity index (χ4n) is 1.54. The van der Waals surface area contributed by atoms with Crippen LogP contribution in [0.5, 0.6) is 0 Å². The van der Waals surface area contributed by atoms with Crippen molar-refractivity contribution in [2.45, 2.75) is 19.3 Å². The Morgan fingerprint density at radius 3 is 1.71 bits per heavy atom. The van der Waals surface area contributed by atoms with Crippen molar-refractivity contribution < 1.29 is 21.7 Å². The predicted molar refractivity (Wildman–Crippen MR) is 60.1 cm³/mol. The van der Waals surface area contributed by atoms with E-state index in [1.165, 1.54) is 12.8 Å². The second-order valence-electron chi connectivity index (χ2n) is 3.09. The third-order valence-electron chi connectivity index (χ3n) is 2.15. The van der Waals surface area contributed by atoms with E-state index in [1.54, 1.807) is 11.1 Å². The van der Waals surface area contributed by atoms with E-state index in [1.807, 2.05) is 0 Å². The number of hydrogen-bond donors (Lipinski definition) is 0. The maximum Gasteiger partial charge on any atom is 2.00 e. The summed E-state index contributed by atoms with van der Waals surface area (Å²) in [5.41, 5.74) is 3.11. The molecule has 0 saturated carbocycles. The molecule has 0 aliphatic heterocycles. The standard InChI is InChI=1S/C11H12.CH3Cl.Ti/c1-2-6-10(5-1)9-11-7-3-4-8-11;1-2;/h1-5,7H,6,8-9H2;1H3;/q;;+2. The molecule has 0 atom stereocenters. The molecule has 0 saturated heterocycles. The minimum absolute atomic E-state index is 0. The van der Waals surface area contributed by atoms with Crippen molar-refractivity contribution in [3.8, 4) is 0 Å². The summed E-state index contributed by atoms with van der Waals surface area (Å²) in [6, 6.07) is 0. The van der Waals surface area contributed by atoms with Crippen molar-refractivity contribution in [3.63, 3.8) is 0 Å². The SMILES string of the molecule is C1=CCC(CC2=CC=CC2)=C1.CCl.[Ti+2]. The first kappa shape index (κ1) is 14.0. The summed E-state index contributed by atoms with van der Waals surface area (Å²) in [5.74, 6) is 0. The van der Waals surface area contributed by atoms with Gasteiger partial charge in [0, 0.05) is 6.38 Å². The number of allylic oxidation sites excluding steroid dienone is 8. The minimum atomic E-state index is 0. The average molecular weight is 243 g/mol. The Bertz CT molecular complexity index is 244. The van der Waals surface area contributed by atoms with Gasteiger partial charge in [0.05, 0.1) is 0 Å². The normalized spacial score (nSPS) is 16.7. The van der Waals surface area contributed by atoms with Crippen LogP contribution in [0.4, 0.5) is 0 Å². The summed E-state index contributed by atoms with van der Waals surface area (Å²) in [7, 11) is 0. The first-order valence-electron chi connectivity index (χ1n) is 4.52. The van der Waals surface area contributed by atoms with E-state index >= 15 is 0 Å². The van der Waals surface area contributed by atoms with E-state index in [0.29, 0.717) is 0 Å². The molecule has 2 aliphatic carbocycles. The molecule has 0 nitrogen and oxygen atoms in total. The zero-order chi connectivity index (χ0) is 9.52. The molecule has 0 spiro atoms. The molecule has 0 amide bonds. The van der Waals surface area contributed by atoms with Gasteiger partial charge >= 0.3 is 21.7 Å². The molecule has 14 heavy (non-hydrogen) atoms. The van der Waals surface area contributed by atoms with Crippen LogP contribution in [0.3, 0.4) is 0 Å². The first-order valence-corrected chi connectivity index (χ1v) is 5.28. The van der Waals surface area contributed by atoms with Crippen molar-refractivity contribution in [1.82, 2.24) is 0 Å². The van der Waals surface area contributed by atoms with Gasteiger partial charge in [-0.05, 0) is 19.3 Å². The topological polar surface area (TPSA) is 0 Å². The molecule has 0 heterocycles. The number of alkyl halides is 1. The molecule has 0 aromatic carbocycles. The molecule has 0 aromatic rings. The predicted octanol–water partition coefficient (Wildman–Crippen LogP) is 4.00. The summed E-state index contributed by atoms with van der Waals surface area (Å²) in [4.78, 5) is 0. The van der Waals surface area contributed by atoms with Gasteiger partial charge in [0.2, 0.25) is 0 Å². The molecule has 0 N–H and O–H groups in total. The van der Waals surface area contributed by atoms with Crippen LogP contribution in [0.15, 0.2) is 47.6 Å².